The number of benzene rings is 2. The lowest BCUT2D eigenvalue weighted by molar-refractivity contribution is -0.117. The quantitative estimate of drug-likeness (QED) is 0.282. The van der Waals surface area contributed by atoms with E-state index in [1.807, 2.05) is 0 Å². The van der Waals surface area contributed by atoms with E-state index >= 15 is 0 Å². The van der Waals surface area contributed by atoms with Crippen molar-refractivity contribution in [2.75, 3.05) is 18.6 Å². The Labute approximate surface area is 218 Å². The summed E-state index contributed by atoms with van der Waals surface area (Å²) in [4.78, 5) is 49.6. The summed E-state index contributed by atoms with van der Waals surface area (Å²) in [6.07, 6.45) is 0.142. The molecule has 0 radical (unpaired) electrons. The van der Waals surface area contributed by atoms with Crippen LogP contribution < -0.4 is 11.5 Å². The molecule has 0 aromatic heterocycles. The number of nitrogens with two attached hydrogens (primary N) is 2. The zero-order valence-corrected chi connectivity index (χ0v) is 22.4. The van der Waals surface area contributed by atoms with Crippen molar-refractivity contribution in [2.24, 2.45) is 16.5 Å². The average molecular weight is 564 g/mol. The first-order valence-corrected chi connectivity index (χ1v) is 14.3. The molecule has 4 N–H and O–H groups in total. The summed E-state index contributed by atoms with van der Waals surface area (Å²) in [7, 11) is -6.10. The maximum atomic E-state index is 12.0. The molecular formula is C24H25N3O9S2. The second-order valence-corrected chi connectivity index (χ2v) is 12.7. The maximum Gasteiger partial charge on any atom is 0.338 e. The Hall–Kier alpha value is -3.91. The van der Waals surface area contributed by atoms with Gasteiger partial charge in [-0.3, -0.25) is 14.4 Å². The van der Waals surface area contributed by atoms with Crippen molar-refractivity contribution < 1.29 is 40.8 Å². The van der Waals surface area contributed by atoms with Crippen molar-refractivity contribution in [1.29, 1.82) is 0 Å². The first-order chi connectivity index (χ1) is 17.6. The first kappa shape index (κ1) is 28.7. The van der Waals surface area contributed by atoms with Gasteiger partial charge in [0.05, 0.1) is 22.5 Å². The summed E-state index contributed by atoms with van der Waals surface area (Å²) in [5, 5.41) is 0. The Balaban J connectivity index is 0.000000212. The van der Waals surface area contributed by atoms with E-state index < -0.39 is 49.0 Å². The van der Waals surface area contributed by atoms with Gasteiger partial charge in [0.2, 0.25) is 0 Å². The molecule has 0 saturated carbocycles. The van der Waals surface area contributed by atoms with Crippen molar-refractivity contribution in [3.63, 3.8) is 0 Å². The minimum Gasteiger partial charge on any atom is -0.465 e. The van der Waals surface area contributed by atoms with Crippen molar-refractivity contribution >= 4 is 49.1 Å². The van der Waals surface area contributed by atoms with Crippen molar-refractivity contribution in [3.05, 3.63) is 57.6 Å². The molecule has 1 amide bonds. The third-order valence-electron chi connectivity index (χ3n) is 5.83. The van der Waals surface area contributed by atoms with Crippen LogP contribution in [0.1, 0.15) is 43.0 Å². The van der Waals surface area contributed by atoms with E-state index in [9.17, 15) is 36.0 Å². The Bertz CT molecular complexity index is 1640. The van der Waals surface area contributed by atoms with Gasteiger partial charge in [-0.05, 0) is 48.2 Å². The minimum atomic E-state index is -3.71. The molecule has 0 unspecified atom stereocenters. The fourth-order valence-electron chi connectivity index (χ4n) is 4.20. The Morgan fingerprint density at radius 3 is 1.63 bits per heavy atom. The molecule has 38 heavy (non-hydrogen) atoms. The fraction of sp³-hybridized carbons (Fsp3) is 0.292. The molecule has 0 spiro atoms. The molecule has 0 atom stereocenters. The molecule has 0 bridgehead atoms. The Kier molecular flexibility index (Phi) is 7.88. The standard InChI is InChI=1S/C12H13N3O4S.C12H12O5S/c1-6-2-7-3-8(16)5-20(18,19)10(7)4-9(6)11(17)15-12(13)14;1-7-3-8-4-9(13)6-18(15,16)11(8)5-10(7)12(14)17-2/h2,4H,3,5H2,1H3,(H4,13,14,15,17);3,5H,4,6H2,1-2H3. The summed E-state index contributed by atoms with van der Waals surface area (Å²) >= 11 is 0. The molecule has 2 aromatic carbocycles. The van der Waals surface area contributed by atoms with Gasteiger partial charge in [0, 0.05) is 18.4 Å². The van der Waals surface area contributed by atoms with Crippen LogP contribution in [-0.4, -0.2) is 64.9 Å². The largest absolute Gasteiger partial charge is 0.465 e. The van der Waals surface area contributed by atoms with E-state index in [-0.39, 0.29) is 45.3 Å². The lowest BCUT2D eigenvalue weighted by Gasteiger charge is -2.17. The van der Waals surface area contributed by atoms with Crippen LogP contribution in [0.3, 0.4) is 0 Å². The van der Waals surface area contributed by atoms with Gasteiger partial charge in [0.25, 0.3) is 5.91 Å². The van der Waals surface area contributed by atoms with Gasteiger partial charge < -0.3 is 16.2 Å². The number of nitrogens with zero attached hydrogens (tertiary/aromatic N) is 1. The van der Waals surface area contributed by atoms with Crippen LogP contribution in [0.25, 0.3) is 0 Å². The molecule has 0 saturated heterocycles. The number of ketones is 2. The number of fused-ring (bicyclic) bond motifs is 2. The van der Waals surface area contributed by atoms with Gasteiger partial charge in [-0.15, -0.1) is 0 Å². The molecule has 2 heterocycles. The van der Waals surface area contributed by atoms with Crippen LogP contribution in [0.15, 0.2) is 39.0 Å². The molecule has 12 nitrogen and oxygen atoms in total. The maximum absolute atomic E-state index is 12.0. The van der Waals surface area contributed by atoms with Crippen LogP contribution in [0.4, 0.5) is 0 Å². The summed E-state index contributed by atoms with van der Waals surface area (Å²) in [6.45, 7) is 3.31. The highest BCUT2D eigenvalue weighted by Gasteiger charge is 2.31. The third-order valence-corrected chi connectivity index (χ3v) is 9.33. The van der Waals surface area contributed by atoms with Crippen LogP contribution in [0.5, 0.6) is 0 Å². The van der Waals surface area contributed by atoms with Crippen molar-refractivity contribution in [2.45, 2.75) is 36.5 Å². The minimum absolute atomic E-state index is 0.00292. The van der Waals surface area contributed by atoms with Crippen molar-refractivity contribution in [1.82, 2.24) is 0 Å². The van der Waals surface area contributed by atoms with Gasteiger partial charge in [-0.25, -0.2) is 21.6 Å². The second-order valence-electron chi connectivity index (χ2n) is 8.83. The van der Waals surface area contributed by atoms with Crippen LogP contribution in [0.2, 0.25) is 0 Å². The molecular weight excluding hydrogens is 538 g/mol. The molecule has 4 rings (SSSR count). The summed E-state index contributed by atoms with van der Waals surface area (Å²) in [6, 6.07) is 5.62. The van der Waals surface area contributed by atoms with Gasteiger partial charge in [0.15, 0.2) is 37.2 Å². The number of ether oxygens (including phenoxy) is 1. The lowest BCUT2D eigenvalue weighted by atomic mass is 10.0. The number of carbonyl (C=O) groups is 4. The fourth-order valence-corrected chi connectivity index (χ4v) is 7.21. The average Bonchev–Trinajstić information content (AvgIpc) is 2.76. The van der Waals surface area contributed by atoms with E-state index in [0.29, 0.717) is 22.3 Å². The normalized spacial score (nSPS) is 16.7. The highest BCUT2D eigenvalue weighted by molar-refractivity contribution is 7.92. The summed E-state index contributed by atoms with van der Waals surface area (Å²) < 4.78 is 52.3. The smallest absolute Gasteiger partial charge is 0.338 e. The van der Waals surface area contributed by atoms with Crippen LogP contribution in [0, 0.1) is 13.8 Å². The Morgan fingerprint density at radius 2 is 1.21 bits per heavy atom. The first-order valence-electron chi connectivity index (χ1n) is 11.0. The number of carbonyl (C=O) groups excluding carboxylic acids is 4. The number of esters is 1. The number of guanidine groups is 1. The summed E-state index contributed by atoms with van der Waals surface area (Å²) in [5.41, 5.74) is 12.6. The van der Waals surface area contributed by atoms with E-state index in [0.717, 1.165) is 0 Å². The molecule has 0 fully saturated rings. The monoisotopic (exact) mass is 563 g/mol. The molecule has 0 aliphatic carbocycles. The highest BCUT2D eigenvalue weighted by atomic mass is 32.2. The lowest BCUT2D eigenvalue weighted by Crippen LogP contribution is -2.26. The summed E-state index contributed by atoms with van der Waals surface area (Å²) in [5.74, 6) is -3.42. The molecule has 2 aliphatic rings. The zero-order chi connectivity index (χ0) is 28.6. The van der Waals surface area contributed by atoms with Gasteiger partial charge in [-0.2, -0.15) is 4.99 Å². The Morgan fingerprint density at radius 1 is 0.789 bits per heavy atom. The van der Waals surface area contributed by atoms with Gasteiger partial charge in [-0.1, -0.05) is 12.1 Å². The number of aliphatic imine (C=N–C) groups is 1. The number of methoxy groups -OCH3 is 1. The number of aryl methyl sites for hydroxylation is 2. The molecule has 202 valence electrons. The van der Waals surface area contributed by atoms with E-state index in [4.69, 9.17) is 11.5 Å². The topological polar surface area (TPSA) is 210 Å². The predicted molar refractivity (Wildman–Crippen MR) is 135 cm³/mol. The van der Waals surface area contributed by atoms with Crippen molar-refractivity contribution in [3.8, 4) is 0 Å². The molecule has 14 heteroatoms. The highest BCUT2D eigenvalue weighted by Crippen LogP contribution is 2.28. The van der Waals surface area contributed by atoms with Crippen LogP contribution in [-0.2, 0) is 46.8 Å². The number of hydrogen-bond donors (Lipinski definition) is 2. The molecule has 2 aliphatic heterocycles. The van der Waals surface area contributed by atoms with E-state index in [2.05, 4.69) is 9.73 Å². The van der Waals surface area contributed by atoms with Gasteiger partial charge in [0.1, 0.15) is 11.5 Å². The molecule has 2 aromatic rings. The van der Waals surface area contributed by atoms with Gasteiger partial charge >= 0.3 is 5.97 Å². The number of amides is 1. The number of Topliss-reactive ketones (excluding diaryl/α,β-unsaturated/α-hetero) is 2. The SMILES string of the molecule is COC(=O)c1cc2c(cc1C)CC(=O)CS2(=O)=O.Cc1cc2c(cc1C(=O)N=C(N)N)S(=O)(=O)CC(=O)C2. The number of sulfone groups is 2. The number of rotatable bonds is 2. The predicted octanol–water partition coefficient (Wildman–Crippen LogP) is -0.0120. The zero-order valence-electron chi connectivity index (χ0n) is 20.7. The third kappa shape index (κ3) is 5.97. The number of hydrogen-bond acceptors (Lipinski definition) is 9. The van der Waals surface area contributed by atoms with Crippen LogP contribution >= 0.6 is 0 Å². The van der Waals surface area contributed by atoms with E-state index in [1.54, 1.807) is 19.9 Å². The second kappa shape index (κ2) is 10.5. The van der Waals surface area contributed by atoms with E-state index in [1.165, 1.54) is 25.3 Å².